The standard InChI is InChI=1S/C17H24O2/c1-2-19-17(18)16-11-12-7-3-4-8-13(12)14-9-5-6-10-15(14)16/h11,15-16H,2-10H2,1H3/t15-,16-/m1/s1. The fraction of sp³-hybridized carbons (Fsp3) is 0.706. The van der Waals surface area contributed by atoms with Crippen LogP contribution >= 0.6 is 0 Å². The van der Waals surface area contributed by atoms with Crippen LogP contribution in [0.3, 0.4) is 0 Å². The molecule has 0 aromatic heterocycles. The van der Waals surface area contributed by atoms with Gasteiger partial charge in [0, 0.05) is 0 Å². The monoisotopic (exact) mass is 260 g/mol. The number of carbonyl (C=O) groups is 1. The van der Waals surface area contributed by atoms with Gasteiger partial charge in [0.15, 0.2) is 0 Å². The Labute approximate surface area is 115 Å². The van der Waals surface area contributed by atoms with Crippen molar-refractivity contribution < 1.29 is 9.53 Å². The number of esters is 1. The molecule has 2 nitrogen and oxygen atoms in total. The molecule has 0 aromatic carbocycles. The molecular weight excluding hydrogens is 236 g/mol. The van der Waals surface area contributed by atoms with Crippen LogP contribution in [0.5, 0.6) is 0 Å². The van der Waals surface area contributed by atoms with Crippen LogP contribution in [-0.4, -0.2) is 12.6 Å². The molecule has 3 aliphatic rings. The van der Waals surface area contributed by atoms with Gasteiger partial charge < -0.3 is 4.74 Å². The van der Waals surface area contributed by atoms with Crippen LogP contribution in [0.4, 0.5) is 0 Å². The molecule has 0 unspecified atom stereocenters. The molecule has 0 spiro atoms. The maximum Gasteiger partial charge on any atom is 0.313 e. The van der Waals surface area contributed by atoms with Gasteiger partial charge >= 0.3 is 5.97 Å². The summed E-state index contributed by atoms with van der Waals surface area (Å²) in [5.41, 5.74) is 4.70. The highest BCUT2D eigenvalue weighted by Crippen LogP contribution is 2.47. The number of rotatable bonds is 2. The predicted molar refractivity (Wildman–Crippen MR) is 75.7 cm³/mol. The van der Waals surface area contributed by atoms with Crippen molar-refractivity contribution in [1.29, 1.82) is 0 Å². The second-order valence-corrected chi connectivity index (χ2v) is 6.03. The Bertz CT molecular complexity index is 431. The lowest BCUT2D eigenvalue weighted by Crippen LogP contribution is -2.32. The molecular formula is C17H24O2. The van der Waals surface area contributed by atoms with Crippen molar-refractivity contribution >= 4 is 5.97 Å². The lowest BCUT2D eigenvalue weighted by Gasteiger charge is -2.38. The van der Waals surface area contributed by atoms with Crippen molar-refractivity contribution in [3.05, 3.63) is 22.8 Å². The van der Waals surface area contributed by atoms with E-state index < -0.39 is 0 Å². The summed E-state index contributed by atoms with van der Waals surface area (Å²) in [6, 6.07) is 0. The van der Waals surface area contributed by atoms with E-state index in [0.29, 0.717) is 12.5 Å². The van der Waals surface area contributed by atoms with Crippen LogP contribution in [0.25, 0.3) is 0 Å². The summed E-state index contributed by atoms with van der Waals surface area (Å²) in [4.78, 5) is 12.2. The molecule has 2 saturated carbocycles. The fourth-order valence-corrected chi connectivity index (χ4v) is 4.09. The van der Waals surface area contributed by atoms with Crippen molar-refractivity contribution in [2.24, 2.45) is 11.8 Å². The number of carbonyl (C=O) groups excluding carboxylic acids is 1. The summed E-state index contributed by atoms with van der Waals surface area (Å²) in [7, 11) is 0. The van der Waals surface area contributed by atoms with Gasteiger partial charge in [0.2, 0.25) is 0 Å². The first-order valence-electron chi connectivity index (χ1n) is 7.91. The van der Waals surface area contributed by atoms with Crippen molar-refractivity contribution in [3.8, 4) is 0 Å². The molecule has 2 fully saturated rings. The van der Waals surface area contributed by atoms with Crippen LogP contribution in [0.15, 0.2) is 22.8 Å². The van der Waals surface area contributed by atoms with Crippen molar-refractivity contribution in [2.75, 3.05) is 6.61 Å². The van der Waals surface area contributed by atoms with E-state index in [-0.39, 0.29) is 11.9 Å². The lowest BCUT2D eigenvalue weighted by molar-refractivity contribution is -0.147. The van der Waals surface area contributed by atoms with Gasteiger partial charge in [-0.1, -0.05) is 18.1 Å². The highest BCUT2D eigenvalue weighted by molar-refractivity contribution is 5.77. The first kappa shape index (κ1) is 13.0. The molecule has 0 radical (unpaired) electrons. The fourth-order valence-electron chi connectivity index (χ4n) is 4.09. The number of hydrogen-bond donors (Lipinski definition) is 0. The molecule has 19 heavy (non-hydrogen) atoms. The molecule has 3 rings (SSSR count). The van der Waals surface area contributed by atoms with E-state index in [9.17, 15) is 4.79 Å². The number of allylic oxidation sites excluding steroid dienone is 3. The number of hydrogen-bond acceptors (Lipinski definition) is 2. The lowest BCUT2D eigenvalue weighted by atomic mass is 9.67. The quantitative estimate of drug-likeness (QED) is 0.697. The van der Waals surface area contributed by atoms with Gasteiger partial charge in [-0.25, -0.2) is 0 Å². The average Bonchev–Trinajstić information content (AvgIpc) is 2.46. The van der Waals surface area contributed by atoms with Crippen LogP contribution in [-0.2, 0) is 9.53 Å². The zero-order chi connectivity index (χ0) is 13.2. The van der Waals surface area contributed by atoms with E-state index in [1.54, 1.807) is 11.1 Å². The van der Waals surface area contributed by atoms with Crippen LogP contribution in [0.2, 0.25) is 0 Å². The first-order chi connectivity index (χ1) is 9.31. The van der Waals surface area contributed by atoms with Gasteiger partial charge in [0.1, 0.15) is 0 Å². The molecule has 2 heteroatoms. The van der Waals surface area contributed by atoms with E-state index in [4.69, 9.17) is 4.74 Å². The zero-order valence-electron chi connectivity index (χ0n) is 11.9. The van der Waals surface area contributed by atoms with E-state index in [0.717, 1.165) is 0 Å². The van der Waals surface area contributed by atoms with E-state index in [1.165, 1.54) is 56.9 Å². The first-order valence-corrected chi connectivity index (χ1v) is 7.91. The van der Waals surface area contributed by atoms with Crippen molar-refractivity contribution in [3.63, 3.8) is 0 Å². The highest BCUT2D eigenvalue weighted by Gasteiger charge is 2.37. The largest absolute Gasteiger partial charge is 0.466 e. The highest BCUT2D eigenvalue weighted by atomic mass is 16.5. The second-order valence-electron chi connectivity index (χ2n) is 6.03. The summed E-state index contributed by atoms with van der Waals surface area (Å²) in [6.45, 7) is 2.40. The van der Waals surface area contributed by atoms with Gasteiger partial charge in [-0.05, 0) is 68.9 Å². The summed E-state index contributed by atoms with van der Waals surface area (Å²) < 4.78 is 5.30. The van der Waals surface area contributed by atoms with Crippen LogP contribution in [0, 0.1) is 11.8 Å². The minimum Gasteiger partial charge on any atom is -0.466 e. The molecule has 0 aliphatic heterocycles. The SMILES string of the molecule is CCOC(=O)[C@@H]1C=C2CCCCC2=C2CCCC[C@H]21. The topological polar surface area (TPSA) is 26.3 Å². The Hall–Kier alpha value is -1.05. The Morgan fingerprint density at radius 2 is 2.00 bits per heavy atom. The minimum absolute atomic E-state index is 0.00373. The summed E-state index contributed by atoms with van der Waals surface area (Å²) in [5, 5.41) is 0. The normalized spacial score (nSPS) is 30.3. The maximum absolute atomic E-state index is 12.2. The summed E-state index contributed by atoms with van der Waals surface area (Å²) in [6.07, 6.45) is 12.2. The average molecular weight is 260 g/mol. The van der Waals surface area contributed by atoms with Crippen LogP contribution < -0.4 is 0 Å². The summed E-state index contributed by atoms with van der Waals surface area (Å²) in [5.74, 6) is 0.459. The Balaban J connectivity index is 1.93. The molecule has 0 saturated heterocycles. The van der Waals surface area contributed by atoms with Gasteiger partial charge in [-0.3, -0.25) is 4.79 Å². The van der Waals surface area contributed by atoms with Crippen molar-refractivity contribution in [1.82, 2.24) is 0 Å². The van der Waals surface area contributed by atoms with Gasteiger partial charge in [-0.2, -0.15) is 0 Å². The third-order valence-corrected chi connectivity index (χ3v) is 4.93. The molecule has 0 amide bonds. The molecule has 104 valence electrons. The smallest absolute Gasteiger partial charge is 0.313 e. The minimum atomic E-state index is 0.00373. The molecule has 3 aliphatic carbocycles. The Morgan fingerprint density at radius 1 is 1.21 bits per heavy atom. The zero-order valence-corrected chi connectivity index (χ0v) is 11.9. The molecule has 2 atom stereocenters. The van der Waals surface area contributed by atoms with Crippen LogP contribution in [0.1, 0.15) is 58.3 Å². The number of fused-ring (bicyclic) bond motifs is 2. The Morgan fingerprint density at radius 3 is 2.84 bits per heavy atom. The molecule has 0 bridgehead atoms. The van der Waals surface area contributed by atoms with Gasteiger partial charge in [0.05, 0.1) is 12.5 Å². The third-order valence-electron chi connectivity index (χ3n) is 4.93. The van der Waals surface area contributed by atoms with E-state index >= 15 is 0 Å². The Kier molecular flexibility index (Phi) is 3.76. The van der Waals surface area contributed by atoms with E-state index in [2.05, 4.69) is 6.08 Å². The van der Waals surface area contributed by atoms with Crippen molar-refractivity contribution in [2.45, 2.75) is 58.3 Å². The van der Waals surface area contributed by atoms with E-state index in [1.807, 2.05) is 6.92 Å². The van der Waals surface area contributed by atoms with Gasteiger partial charge in [-0.15, -0.1) is 0 Å². The third kappa shape index (κ3) is 2.37. The second kappa shape index (κ2) is 5.52. The van der Waals surface area contributed by atoms with Gasteiger partial charge in [0.25, 0.3) is 0 Å². The maximum atomic E-state index is 12.2. The summed E-state index contributed by atoms with van der Waals surface area (Å²) >= 11 is 0. The molecule has 0 heterocycles. The molecule has 0 N–H and O–H groups in total. The predicted octanol–water partition coefficient (Wildman–Crippen LogP) is 4.17. The number of ether oxygens (including phenoxy) is 1. The molecule has 0 aromatic rings.